The number of carbonyl (C=O) groups excluding carboxylic acids is 1. The molecule has 5 aromatic rings. The van der Waals surface area contributed by atoms with Gasteiger partial charge in [0.05, 0.1) is 28.5 Å². The Morgan fingerprint density at radius 3 is 2.36 bits per heavy atom. The molecule has 1 N–H and O–H groups in total. The Morgan fingerprint density at radius 2 is 1.66 bits per heavy atom. The van der Waals surface area contributed by atoms with Crippen LogP contribution in [-0.2, 0) is 18.0 Å². The fourth-order valence-corrected chi connectivity index (χ4v) is 6.94. The molecule has 0 saturated carbocycles. The predicted octanol–water partition coefficient (Wildman–Crippen LogP) is 5.39. The Bertz CT molecular complexity index is 2020. The third kappa shape index (κ3) is 6.09. The van der Waals surface area contributed by atoms with E-state index in [4.69, 9.17) is 0 Å². The van der Waals surface area contributed by atoms with Crippen LogP contribution in [0.25, 0.3) is 38.6 Å². The average Bonchev–Trinajstić information content (AvgIpc) is 3.51. The molecule has 0 spiro atoms. The number of anilines is 1. The molecule has 0 bridgehead atoms. The van der Waals surface area contributed by atoms with Crippen molar-refractivity contribution < 1.29 is 18.0 Å². The molecule has 2 aliphatic heterocycles. The van der Waals surface area contributed by atoms with Crippen LogP contribution in [0.2, 0.25) is 0 Å². The Hall–Kier alpha value is -4.71. The van der Waals surface area contributed by atoms with E-state index in [0.29, 0.717) is 47.7 Å². The molecule has 47 heavy (non-hydrogen) atoms. The molecule has 5 heterocycles. The van der Waals surface area contributed by atoms with Crippen molar-refractivity contribution in [3.8, 4) is 16.8 Å². The number of rotatable bonds is 5. The van der Waals surface area contributed by atoms with E-state index < -0.39 is 17.3 Å². The van der Waals surface area contributed by atoms with Crippen molar-refractivity contribution in [3.05, 3.63) is 83.0 Å². The number of benzene rings is 2. The zero-order valence-electron chi connectivity index (χ0n) is 26.3. The number of amides is 1. The van der Waals surface area contributed by atoms with Crippen LogP contribution in [0.15, 0.2) is 71.9 Å². The predicted molar refractivity (Wildman–Crippen MR) is 176 cm³/mol. The van der Waals surface area contributed by atoms with Gasteiger partial charge in [0.15, 0.2) is 0 Å². The van der Waals surface area contributed by atoms with Crippen LogP contribution in [0, 0.1) is 5.92 Å². The van der Waals surface area contributed by atoms with E-state index in [2.05, 4.69) is 27.3 Å². The first-order valence-corrected chi connectivity index (χ1v) is 15.9. The van der Waals surface area contributed by atoms with Crippen molar-refractivity contribution in [2.75, 3.05) is 38.1 Å². The van der Waals surface area contributed by atoms with E-state index in [-0.39, 0.29) is 29.2 Å². The summed E-state index contributed by atoms with van der Waals surface area (Å²) in [7, 11) is 3.88. The zero-order valence-corrected chi connectivity index (χ0v) is 26.3. The Kier molecular flexibility index (Phi) is 7.99. The molecule has 0 unspecified atom stereocenters. The number of nitrogens with one attached hydrogen (secondary N) is 1. The standard InChI is InChI=1S/C35H36F3N7O2/c1-42-13-11-26(12-14-42)41-34(47)22-9-15-44(16-10-22)31-7-5-27(18-29(31)35(36,37)38)45-32(46)8-4-24-19-39-30-6-3-23(17-28(30)33(24)45)25-20-40-43(2)21-25/h3-8,17-22,26H,9-16H2,1-2H3,(H,41,47). The summed E-state index contributed by atoms with van der Waals surface area (Å²) in [5.74, 6) is -0.235. The number of nitrogens with zero attached hydrogens (tertiary/aromatic N) is 6. The molecule has 12 heteroatoms. The lowest BCUT2D eigenvalue weighted by Gasteiger charge is -2.36. The van der Waals surface area contributed by atoms with Gasteiger partial charge in [-0.15, -0.1) is 0 Å². The highest BCUT2D eigenvalue weighted by Crippen LogP contribution is 2.40. The minimum atomic E-state index is -4.67. The van der Waals surface area contributed by atoms with Crippen molar-refractivity contribution in [2.24, 2.45) is 13.0 Å². The number of carbonyl (C=O) groups is 1. The second kappa shape index (κ2) is 12.1. The van der Waals surface area contributed by atoms with Crippen LogP contribution in [0.4, 0.5) is 18.9 Å². The Labute approximate surface area is 269 Å². The number of likely N-dealkylation sites (tertiary alicyclic amines) is 1. The van der Waals surface area contributed by atoms with Crippen LogP contribution in [0.3, 0.4) is 0 Å². The molecular formula is C35H36F3N7O2. The van der Waals surface area contributed by atoms with E-state index in [0.717, 1.165) is 43.1 Å². The highest BCUT2D eigenvalue weighted by Gasteiger charge is 2.37. The van der Waals surface area contributed by atoms with Gasteiger partial charge in [0, 0.05) is 72.6 Å². The fraction of sp³-hybridized carbons (Fsp3) is 0.371. The van der Waals surface area contributed by atoms with Crippen LogP contribution in [0.5, 0.6) is 0 Å². The highest BCUT2D eigenvalue weighted by molar-refractivity contribution is 6.05. The zero-order chi connectivity index (χ0) is 32.9. The first kappa shape index (κ1) is 30.9. The maximum absolute atomic E-state index is 14.7. The van der Waals surface area contributed by atoms with Crippen molar-refractivity contribution in [3.63, 3.8) is 0 Å². The van der Waals surface area contributed by atoms with Crippen LogP contribution < -0.4 is 15.8 Å². The summed E-state index contributed by atoms with van der Waals surface area (Å²) in [6.45, 7) is 2.53. The first-order valence-electron chi connectivity index (χ1n) is 15.9. The lowest BCUT2D eigenvalue weighted by molar-refractivity contribution is -0.137. The minimum Gasteiger partial charge on any atom is -0.371 e. The SMILES string of the molecule is CN1CCC(NC(=O)C2CCN(c3ccc(-n4c(=O)ccc5cnc6ccc(-c7cnn(C)c7)cc6c54)cc3C(F)(F)F)CC2)CC1. The first-order chi connectivity index (χ1) is 22.5. The fourth-order valence-electron chi connectivity index (χ4n) is 6.94. The van der Waals surface area contributed by atoms with Gasteiger partial charge in [0.1, 0.15) is 0 Å². The topological polar surface area (TPSA) is 88.3 Å². The van der Waals surface area contributed by atoms with Gasteiger partial charge in [-0.25, -0.2) is 0 Å². The van der Waals surface area contributed by atoms with Gasteiger partial charge < -0.3 is 15.1 Å². The molecule has 2 aliphatic rings. The molecule has 7 rings (SSSR count). The number of pyridine rings is 2. The number of halogens is 3. The summed E-state index contributed by atoms with van der Waals surface area (Å²) in [4.78, 5) is 34.9. The molecule has 3 aromatic heterocycles. The van der Waals surface area contributed by atoms with E-state index in [1.54, 1.807) is 34.1 Å². The Balaban J connectivity index is 1.22. The summed E-state index contributed by atoms with van der Waals surface area (Å²) in [5.41, 5.74) is 1.69. The van der Waals surface area contributed by atoms with Crippen molar-refractivity contribution in [1.82, 2.24) is 29.5 Å². The second-order valence-corrected chi connectivity index (χ2v) is 12.8. The smallest absolute Gasteiger partial charge is 0.371 e. The second-order valence-electron chi connectivity index (χ2n) is 12.8. The number of alkyl halides is 3. The maximum atomic E-state index is 14.7. The highest BCUT2D eigenvalue weighted by atomic mass is 19.4. The molecule has 1 amide bonds. The van der Waals surface area contributed by atoms with Crippen molar-refractivity contribution in [2.45, 2.75) is 37.9 Å². The normalized spacial score (nSPS) is 17.1. The summed E-state index contributed by atoms with van der Waals surface area (Å²) in [6, 6.07) is 12.9. The van der Waals surface area contributed by atoms with Crippen LogP contribution in [-0.4, -0.2) is 69.4 Å². The molecule has 0 aliphatic carbocycles. The molecule has 2 aromatic carbocycles. The molecule has 0 atom stereocenters. The minimum absolute atomic E-state index is 0.00525. The molecule has 244 valence electrons. The third-order valence-corrected chi connectivity index (χ3v) is 9.57. The van der Waals surface area contributed by atoms with E-state index in [1.165, 1.54) is 16.7 Å². The third-order valence-electron chi connectivity index (χ3n) is 9.57. The molecule has 9 nitrogen and oxygen atoms in total. The Morgan fingerprint density at radius 1 is 0.894 bits per heavy atom. The lowest BCUT2D eigenvalue weighted by Crippen LogP contribution is -2.47. The van der Waals surface area contributed by atoms with Gasteiger partial charge in [0.2, 0.25) is 5.91 Å². The van der Waals surface area contributed by atoms with Gasteiger partial charge in [0.25, 0.3) is 5.56 Å². The number of hydrogen-bond acceptors (Lipinski definition) is 6. The molecule has 0 radical (unpaired) electrons. The monoisotopic (exact) mass is 643 g/mol. The number of fused-ring (bicyclic) bond motifs is 3. The number of hydrogen-bond donors (Lipinski definition) is 1. The molecule has 2 fully saturated rings. The number of aryl methyl sites for hydroxylation is 1. The summed E-state index contributed by atoms with van der Waals surface area (Å²) in [6.07, 6.45) is 3.30. The van der Waals surface area contributed by atoms with Crippen LogP contribution in [0.1, 0.15) is 31.2 Å². The summed E-state index contributed by atoms with van der Waals surface area (Å²) >= 11 is 0. The van der Waals surface area contributed by atoms with E-state index in [9.17, 15) is 22.8 Å². The lowest BCUT2D eigenvalue weighted by atomic mass is 9.94. The summed E-state index contributed by atoms with van der Waals surface area (Å²) in [5, 5.41) is 8.68. The largest absolute Gasteiger partial charge is 0.418 e. The van der Waals surface area contributed by atoms with Crippen molar-refractivity contribution >= 4 is 33.4 Å². The van der Waals surface area contributed by atoms with Crippen molar-refractivity contribution in [1.29, 1.82) is 0 Å². The average molecular weight is 644 g/mol. The molecule has 2 saturated heterocycles. The maximum Gasteiger partial charge on any atom is 0.418 e. The van der Waals surface area contributed by atoms with Gasteiger partial charge in [-0.2, -0.15) is 18.3 Å². The number of aromatic nitrogens is 4. The van der Waals surface area contributed by atoms with E-state index in [1.807, 2.05) is 31.4 Å². The van der Waals surface area contributed by atoms with Crippen LogP contribution >= 0.6 is 0 Å². The summed E-state index contributed by atoms with van der Waals surface area (Å²) < 4.78 is 47.1. The van der Waals surface area contributed by atoms with Gasteiger partial charge in [-0.1, -0.05) is 6.07 Å². The van der Waals surface area contributed by atoms with Gasteiger partial charge >= 0.3 is 6.18 Å². The molecular weight excluding hydrogens is 607 g/mol. The van der Waals surface area contributed by atoms with Gasteiger partial charge in [-0.05, 0) is 87.8 Å². The number of piperidine rings is 2. The quantitative estimate of drug-likeness (QED) is 0.259. The van der Waals surface area contributed by atoms with Gasteiger partial charge in [-0.3, -0.25) is 23.8 Å². The van der Waals surface area contributed by atoms with E-state index >= 15 is 0 Å².